The molecule has 1 aliphatic carbocycles. The highest BCUT2D eigenvalue weighted by Crippen LogP contribution is 2.34. The summed E-state index contributed by atoms with van der Waals surface area (Å²) in [6.45, 7) is 4.23. The number of aliphatic hydroxyl groups is 1. The van der Waals surface area contributed by atoms with Crippen molar-refractivity contribution in [3.8, 4) is 0 Å². The van der Waals surface area contributed by atoms with Crippen molar-refractivity contribution in [1.29, 1.82) is 0 Å². The highest BCUT2D eigenvalue weighted by atomic mass is 16.3. The molecule has 1 aliphatic rings. The molecule has 0 heterocycles. The molecule has 0 spiro atoms. The molecule has 2 heteroatoms. The van der Waals surface area contributed by atoms with E-state index in [0.29, 0.717) is 37.4 Å². The lowest BCUT2D eigenvalue weighted by atomic mass is 9.74. The smallest absolute Gasteiger partial charge is 0.133 e. The molecule has 0 bridgehead atoms. The van der Waals surface area contributed by atoms with Crippen LogP contribution in [-0.4, -0.2) is 16.5 Å². The van der Waals surface area contributed by atoms with Gasteiger partial charge in [0.2, 0.25) is 0 Å². The normalized spacial score (nSPS) is 24.4. The van der Waals surface area contributed by atoms with Crippen LogP contribution in [0.15, 0.2) is 0 Å². The Morgan fingerprint density at radius 2 is 2.00 bits per heavy atom. The summed E-state index contributed by atoms with van der Waals surface area (Å²) in [5, 5.41) is 10.2. The van der Waals surface area contributed by atoms with Crippen LogP contribution in [0.3, 0.4) is 0 Å². The van der Waals surface area contributed by atoms with Gasteiger partial charge in [-0.2, -0.15) is 0 Å². The van der Waals surface area contributed by atoms with E-state index >= 15 is 0 Å². The van der Waals surface area contributed by atoms with Gasteiger partial charge >= 0.3 is 0 Å². The summed E-state index contributed by atoms with van der Waals surface area (Å²) in [7, 11) is 0. The first-order valence-electron chi connectivity index (χ1n) is 5.32. The first-order chi connectivity index (χ1) is 6.08. The number of carbonyl (C=O) groups excluding carboxylic acids is 1. The van der Waals surface area contributed by atoms with Crippen LogP contribution in [-0.2, 0) is 4.79 Å². The topological polar surface area (TPSA) is 37.3 Å². The summed E-state index contributed by atoms with van der Waals surface area (Å²) in [6.07, 6.45) is 4.66. The van der Waals surface area contributed by atoms with Gasteiger partial charge in [0, 0.05) is 12.8 Å². The minimum absolute atomic E-state index is 0.313. The maximum absolute atomic E-state index is 11.0. The number of hydrogen-bond acceptors (Lipinski definition) is 2. The van der Waals surface area contributed by atoms with Gasteiger partial charge in [0.25, 0.3) is 0 Å². The van der Waals surface area contributed by atoms with Crippen LogP contribution in [0, 0.1) is 5.92 Å². The van der Waals surface area contributed by atoms with Gasteiger partial charge in [-0.25, -0.2) is 0 Å². The molecule has 1 saturated carbocycles. The summed E-state index contributed by atoms with van der Waals surface area (Å²) < 4.78 is 0. The molecular weight excluding hydrogens is 164 g/mol. The zero-order valence-electron chi connectivity index (χ0n) is 8.68. The zero-order chi connectivity index (χ0) is 9.90. The summed E-state index contributed by atoms with van der Waals surface area (Å²) in [5.74, 6) is 0.652. The molecule has 1 N–H and O–H groups in total. The number of hydrogen-bond donors (Lipinski definition) is 1. The quantitative estimate of drug-likeness (QED) is 0.730. The molecule has 0 radical (unpaired) electrons. The minimum atomic E-state index is -0.552. The second-order valence-electron chi connectivity index (χ2n) is 4.33. The van der Waals surface area contributed by atoms with Crippen LogP contribution in [0.5, 0.6) is 0 Å². The largest absolute Gasteiger partial charge is 0.390 e. The molecule has 0 aromatic heterocycles. The lowest BCUT2D eigenvalue weighted by Gasteiger charge is -2.37. The Morgan fingerprint density at radius 1 is 1.46 bits per heavy atom. The lowest BCUT2D eigenvalue weighted by molar-refractivity contribution is -0.128. The Bertz CT molecular complexity index is 177. The maximum Gasteiger partial charge on any atom is 0.133 e. The van der Waals surface area contributed by atoms with Crippen LogP contribution >= 0.6 is 0 Å². The first-order valence-corrected chi connectivity index (χ1v) is 5.32. The van der Waals surface area contributed by atoms with Crippen molar-refractivity contribution < 1.29 is 9.90 Å². The minimum Gasteiger partial charge on any atom is -0.390 e. The third-order valence-electron chi connectivity index (χ3n) is 3.31. The molecule has 0 aliphatic heterocycles. The molecule has 1 unspecified atom stereocenters. The van der Waals surface area contributed by atoms with Crippen molar-refractivity contribution in [3.05, 3.63) is 0 Å². The van der Waals surface area contributed by atoms with Crippen LogP contribution in [0.25, 0.3) is 0 Å². The van der Waals surface area contributed by atoms with Crippen LogP contribution in [0.4, 0.5) is 0 Å². The molecule has 1 fully saturated rings. The molecule has 0 amide bonds. The Balaban J connectivity index is 2.50. The van der Waals surface area contributed by atoms with E-state index < -0.39 is 5.60 Å². The number of ketones is 1. The van der Waals surface area contributed by atoms with E-state index in [1.807, 2.05) is 0 Å². The van der Waals surface area contributed by atoms with Gasteiger partial charge in [-0.1, -0.05) is 20.3 Å². The average molecular weight is 184 g/mol. The van der Waals surface area contributed by atoms with Gasteiger partial charge in [-0.3, -0.25) is 4.79 Å². The van der Waals surface area contributed by atoms with Crippen molar-refractivity contribution in [2.24, 2.45) is 5.92 Å². The van der Waals surface area contributed by atoms with E-state index in [2.05, 4.69) is 13.8 Å². The molecular formula is C11H20O2. The summed E-state index contributed by atoms with van der Waals surface area (Å²) in [4.78, 5) is 11.0. The van der Waals surface area contributed by atoms with E-state index in [1.165, 1.54) is 0 Å². The van der Waals surface area contributed by atoms with E-state index in [-0.39, 0.29) is 0 Å². The van der Waals surface area contributed by atoms with E-state index in [0.717, 1.165) is 12.8 Å². The third kappa shape index (κ3) is 2.53. The van der Waals surface area contributed by atoms with Crippen molar-refractivity contribution in [3.63, 3.8) is 0 Å². The lowest BCUT2D eigenvalue weighted by Crippen LogP contribution is -2.40. The van der Waals surface area contributed by atoms with Gasteiger partial charge < -0.3 is 5.11 Å². The van der Waals surface area contributed by atoms with Crippen molar-refractivity contribution in [2.45, 2.75) is 58.0 Å². The molecule has 1 rings (SSSR count). The molecule has 0 saturated heterocycles. The fraction of sp³-hybridized carbons (Fsp3) is 0.909. The van der Waals surface area contributed by atoms with Gasteiger partial charge in [0.05, 0.1) is 5.60 Å². The fourth-order valence-corrected chi connectivity index (χ4v) is 2.16. The average Bonchev–Trinajstić information content (AvgIpc) is 2.11. The van der Waals surface area contributed by atoms with Crippen LogP contribution in [0.1, 0.15) is 52.4 Å². The Hall–Kier alpha value is -0.370. The van der Waals surface area contributed by atoms with Gasteiger partial charge in [0.15, 0.2) is 0 Å². The second-order valence-corrected chi connectivity index (χ2v) is 4.33. The molecule has 0 aromatic carbocycles. The zero-order valence-corrected chi connectivity index (χ0v) is 8.68. The number of Topliss-reactive ketones (excluding diaryl/α,β-unsaturated/α-hetero) is 1. The Labute approximate surface area is 80.3 Å². The van der Waals surface area contributed by atoms with E-state index in [4.69, 9.17) is 0 Å². The van der Waals surface area contributed by atoms with Crippen LogP contribution in [0.2, 0.25) is 0 Å². The third-order valence-corrected chi connectivity index (χ3v) is 3.31. The van der Waals surface area contributed by atoms with Crippen molar-refractivity contribution in [2.75, 3.05) is 0 Å². The SMILES string of the molecule is CCCC(C)C1(O)CCC(=O)CC1. The Kier molecular flexibility index (Phi) is 3.48. The molecule has 2 nitrogen and oxygen atoms in total. The van der Waals surface area contributed by atoms with Crippen molar-refractivity contribution in [1.82, 2.24) is 0 Å². The Morgan fingerprint density at radius 3 is 2.46 bits per heavy atom. The highest BCUT2D eigenvalue weighted by molar-refractivity contribution is 5.79. The molecule has 76 valence electrons. The molecule has 13 heavy (non-hydrogen) atoms. The number of carbonyl (C=O) groups is 1. The van der Waals surface area contributed by atoms with Gasteiger partial charge in [-0.05, 0) is 25.2 Å². The summed E-state index contributed by atoms with van der Waals surface area (Å²) >= 11 is 0. The standard InChI is InChI=1S/C11H20O2/c1-3-4-9(2)11(13)7-5-10(12)6-8-11/h9,13H,3-8H2,1-2H3. The summed E-state index contributed by atoms with van der Waals surface area (Å²) in [5.41, 5.74) is -0.552. The van der Waals surface area contributed by atoms with Crippen LogP contribution < -0.4 is 0 Å². The monoisotopic (exact) mass is 184 g/mol. The maximum atomic E-state index is 11.0. The summed E-state index contributed by atoms with van der Waals surface area (Å²) in [6, 6.07) is 0. The predicted octanol–water partition coefficient (Wildman–Crippen LogP) is 2.30. The van der Waals surface area contributed by atoms with Gasteiger partial charge in [-0.15, -0.1) is 0 Å². The highest BCUT2D eigenvalue weighted by Gasteiger charge is 2.36. The molecule has 1 atom stereocenters. The predicted molar refractivity (Wildman–Crippen MR) is 52.5 cm³/mol. The van der Waals surface area contributed by atoms with Crippen molar-refractivity contribution >= 4 is 5.78 Å². The fourth-order valence-electron chi connectivity index (χ4n) is 2.16. The molecule has 0 aromatic rings. The number of rotatable bonds is 3. The van der Waals surface area contributed by atoms with E-state index in [1.54, 1.807) is 0 Å². The first kappa shape index (κ1) is 10.7. The second kappa shape index (κ2) is 4.23. The van der Waals surface area contributed by atoms with Gasteiger partial charge in [0.1, 0.15) is 5.78 Å². The van der Waals surface area contributed by atoms with E-state index in [9.17, 15) is 9.90 Å².